The van der Waals surface area contributed by atoms with Crippen LogP contribution in [0.1, 0.15) is 37.8 Å². The standard InChI is InChI=1S/C18H20FN5O/c1-12-15(17(25)23-9-5-2-6-10-23)16(13-7-3-4-8-14(13)19)24-18(22-12)20-11-21-24/h3-4,7-8,11,16H,2,5-6,9-10H2,1H3,(H,20,21,22). The summed E-state index contributed by atoms with van der Waals surface area (Å²) in [5.74, 6) is 0.104. The summed E-state index contributed by atoms with van der Waals surface area (Å²) < 4.78 is 16.1. The molecule has 4 rings (SSSR count). The zero-order valence-corrected chi connectivity index (χ0v) is 14.1. The molecule has 1 N–H and O–H groups in total. The molecular formula is C18H20FN5O. The molecule has 3 heterocycles. The van der Waals surface area contributed by atoms with Gasteiger partial charge >= 0.3 is 0 Å². The Hall–Kier alpha value is -2.70. The predicted octanol–water partition coefficient (Wildman–Crippen LogP) is 2.72. The first-order valence-corrected chi connectivity index (χ1v) is 8.58. The van der Waals surface area contributed by atoms with Crippen molar-refractivity contribution in [2.75, 3.05) is 18.4 Å². The number of hydrogen-bond donors (Lipinski definition) is 1. The number of hydrogen-bond acceptors (Lipinski definition) is 4. The van der Waals surface area contributed by atoms with Crippen molar-refractivity contribution in [1.29, 1.82) is 0 Å². The molecule has 1 atom stereocenters. The number of fused-ring (bicyclic) bond motifs is 1. The number of carbonyl (C=O) groups is 1. The number of anilines is 1. The van der Waals surface area contributed by atoms with Crippen LogP contribution in [0, 0.1) is 5.82 Å². The SMILES string of the molecule is CC1=C(C(=O)N2CCCCC2)C(c2ccccc2F)n2ncnc2N1. The molecule has 0 radical (unpaired) electrons. The van der Waals surface area contributed by atoms with Crippen LogP contribution >= 0.6 is 0 Å². The number of nitrogens with zero attached hydrogens (tertiary/aromatic N) is 4. The summed E-state index contributed by atoms with van der Waals surface area (Å²) in [7, 11) is 0. The van der Waals surface area contributed by atoms with Crippen molar-refractivity contribution in [2.45, 2.75) is 32.2 Å². The lowest BCUT2D eigenvalue weighted by atomic mass is 9.93. The summed E-state index contributed by atoms with van der Waals surface area (Å²) in [4.78, 5) is 19.3. The maximum atomic E-state index is 14.6. The van der Waals surface area contributed by atoms with Gasteiger partial charge in [0.1, 0.15) is 18.2 Å². The molecular weight excluding hydrogens is 321 g/mol. The average Bonchev–Trinajstić information content (AvgIpc) is 3.09. The van der Waals surface area contributed by atoms with Gasteiger partial charge in [0.15, 0.2) is 0 Å². The molecule has 1 amide bonds. The van der Waals surface area contributed by atoms with Crippen LogP contribution in [0.3, 0.4) is 0 Å². The zero-order valence-electron chi connectivity index (χ0n) is 14.1. The van der Waals surface area contributed by atoms with Crippen LogP contribution in [-0.4, -0.2) is 38.7 Å². The molecule has 25 heavy (non-hydrogen) atoms. The van der Waals surface area contributed by atoms with Crippen molar-refractivity contribution in [3.63, 3.8) is 0 Å². The smallest absolute Gasteiger partial charge is 0.254 e. The van der Waals surface area contributed by atoms with E-state index in [1.807, 2.05) is 11.8 Å². The molecule has 1 aromatic heterocycles. The third kappa shape index (κ3) is 2.69. The van der Waals surface area contributed by atoms with Gasteiger partial charge in [-0.1, -0.05) is 18.2 Å². The summed E-state index contributed by atoms with van der Waals surface area (Å²) in [6, 6.07) is 5.91. The summed E-state index contributed by atoms with van der Waals surface area (Å²) in [6.07, 6.45) is 4.57. The van der Waals surface area contributed by atoms with E-state index in [9.17, 15) is 9.18 Å². The van der Waals surface area contributed by atoms with Crippen molar-refractivity contribution < 1.29 is 9.18 Å². The zero-order chi connectivity index (χ0) is 17.4. The van der Waals surface area contributed by atoms with Gasteiger partial charge in [-0.25, -0.2) is 9.07 Å². The summed E-state index contributed by atoms with van der Waals surface area (Å²) in [5.41, 5.74) is 1.66. The van der Waals surface area contributed by atoms with Crippen LogP contribution in [0.4, 0.5) is 10.3 Å². The lowest BCUT2D eigenvalue weighted by Crippen LogP contribution is -2.41. The Morgan fingerprint density at radius 3 is 2.76 bits per heavy atom. The van der Waals surface area contributed by atoms with Gasteiger partial charge < -0.3 is 10.2 Å². The molecule has 0 spiro atoms. The van der Waals surface area contributed by atoms with Crippen molar-refractivity contribution >= 4 is 11.9 Å². The largest absolute Gasteiger partial charge is 0.339 e. The molecule has 2 aliphatic heterocycles. The Morgan fingerprint density at radius 1 is 1.24 bits per heavy atom. The van der Waals surface area contributed by atoms with Crippen molar-refractivity contribution in [3.05, 3.63) is 53.2 Å². The number of nitrogens with one attached hydrogen (secondary N) is 1. The van der Waals surface area contributed by atoms with E-state index in [4.69, 9.17) is 0 Å². The fourth-order valence-corrected chi connectivity index (χ4v) is 3.62. The van der Waals surface area contributed by atoms with Crippen molar-refractivity contribution in [3.8, 4) is 0 Å². The molecule has 130 valence electrons. The number of piperidine rings is 1. The monoisotopic (exact) mass is 341 g/mol. The molecule has 7 heteroatoms. The number of allylic oxidation sites excluding steroid dienone is 1. The highest BCUT2D eigenvalue weighted by Gasteiger charge is 2.36. The lowest BCUT2D eigenvalue weighted by Gasteiger charge is -2.34. The van der Waals surface area contributed by atoms with Gasteiger partial charge in [0.05, 0.1) is 5.57 Å². The fraction of sp³-hybridized carbons (Fsp3) is 0.389. The third-order valence-electron chi connectivity index (χ3n) is 4.87. The number of carbonyl (C=O) groups excluding carboxylic acids is 1. The van der Waals surface area contributed by atoms with E-state index >= 15 is 0 Å². The Morgan fingerprint density at radius 2 is 2.00 bits per heavy atom. The summed E-state index contributed by atoms with van der Waals surface area (Å²) >= 11 is 0. The van der Waals surface area contributed by atoms with Gasteiger partial charge in [-0.05, 0) is 32.3 Å². The van der Waals surface area contributed by atoms with E-state index in [-0.39, 0.29) is 11.7 Å². The van der Waals surface area contributed by atoms with Gasteiger partial charge in [-0.2, -0.15) is 10.1 Å². The van der Waals surface area contributed by atoms with Gasteiger partial charge in [-0.15, -0.1) is 0 Å². The molecule has 1 saturated heterocycles. The first-order valence-electron chi connectivity index (χ1n) is 8.58. The van der Waals surface area contributed by atoms with Gasteiger partial charge in [-0.3, -0.25) is 4.79 Å². The minimum absolute atomic E-state index is 0.0564. The Bertz CT molecular complexity index is 837. The van der Waals surface area contributed by atoms with E-state index < -0.39 is 6.04 Å². The van der Waals surface area contributed by atoms with E-state index in [0.717, 1.165) is 32.4 Å². The highest BCUT2D eigenvalue weighted by atomic mass is 19.1. The molecule has 2 aliphatic rings. The van der Waals surface area contributed by atoms with Gasteiger partial charge in [0.25, 0.3) is 5.91 Å². The normalized spacial score (nSPS) is 20.2. The molecule has 2 aromatic rings. The van der Waals surface area contributed by atoms with E-state index in [1.54, 1.807) is 22.9 Å². The van der Waals surface area contributed by atoms with Crippen molar-refractivity contribution in [2.24, 2.45) is 0 Å². The Kier molecular flexibility index (Phi) is 3.99. The summed E-state index contributed by atoms with van der Waals surface area (Å²) in [5, 5.41) is 7.37. The quantitative estimate of drug-likeness (QED) is 0.912. The van der Waals surface area contributed by atoms with Crippen LogP contribution in [0.2, 0.25) is 0 Å². The topological polar surface area (TPSA) is 63.1 Å². The molecule has 0 bridgehead atoms. The maximum Gasteiger partial charge on any atom is 0.254 e. The predicted molar refractivity (Wildman–Crippen MR) is 91.3 cm³/mol. The van der Waals surface area contributed by atoms with Crippen LogP contribution in [-0.2, 0) is 4.79 Å². The molecule has 0 aliphatic carbocycles. The molecule has 1 fully saturated rings. The summed E-state index contributed by atoms with van der Waals surface area (Å²) in [6.45, 7) is 3.32. The molecule has 1 aromatic carbocycles. The third-order valence-corrected chi connectivity index (χ3v) is 4.87. The van der Waals surface area contributed by atoms with Gasteiger partial charge in [0.2, 0.25) is 5.95 Å². The number of likely N-dealkylation sites (tertiary alicyclic amines) is 1. The second-order valence-corrected chi connectivity index (χ2v) is 6.47. The highest BCUT2D eigenvalue weighted by Crippen LogP contribution is 2.36. The average molecular weight is 341 g/mol. The second-order valence-electron chi connectivity index (χ2n) is 6.47. The number of rotatable bonds is 2. The molecule has 6 nitrogen and oxygen atoms in total. The number of aromatic nitrogens is 3. The van der Waals surface area contributed by atoms with Crippen LogP contribution < -0.4 is 5.32 Å². The lowest BCUT2D eigenvalue weighted by molar-refractivity contribution is -0.128. The number of benzene rings is 1. The minimum Gasteiger partial charge on any atom is -0.339 e. The van der Waals surface area contributed by atoms with Crippen LogP contribution in [0.25, 0.3) is 0 Å². The van der Waals surface area contributed by atoms with Crippen LogP contribution in [0.15, 0.2) is 41.9 Å². The molecule has 1 unspecified atom stereocenters. The van der Waals surface area contributed by atoms with Crippen LogP contribution in [0.5, 0.6) is 0 Å². The fourth-order valence-electron chi connectivity index (χ4n) is 3.62. The van der Waals surface area contributed by atoms with E-state index in [2.05, 4.69) is 15.4 Å². The minimum atomic E-state index is -0.616. The maximum absolute atomic E-state index is 14.6. The molecule has 0 saturated carbocycles. The first-order chi connectivity index (χ1) is 12.2. The number of halogens is 1. The number of amides is 1. The highest BCUT2D eigenvalue weighted by molar-refractivity contribution is 5.96. The second kappa shape index (κ2) is 6.31. The Balaban J connectivity index is 1.82. The van der Waals surface area contributed by atoms with E-state index in [1.165, 1.54) is 12.4 Å². The Labute approximate surface area is 145 Å². The van der Waals surface area contributed by atoms with E-state index in [0.29, 0.717) is 22.8 Å². The van der Waals surface area contributed by atoms with Gasteiger partial charge in [0, 0.05) is 24.4 Å². The first kappa shape index (κ1) is 15.8. The van der Waals surface area contributed by atoms with Crippen molar-refractivity contribution in [1.82, 2.24) is 19.7 Å².